The number of benzene rings is 4. The molecule has 4 heteroatoms. The van der Waals surface area contributed by atoms with Crippen LogP contribution in [0.5, 0.6) is 0 Å². The molecule has 140 valence electrons. The standard InChI is InChI=1S/C25H17ClN2O/c26-20-12-13-22-21(15-20)23(17-7-2-1-3-8-17)28-24(25(29)27-22)19-11-10-16-6-4-5-9-18(16)14-19/h1-15,24H,(H,27,29). The zero-order chi connectivity index (χ0) is 19.8. The predicted octanol–water partition coefficient (Wildman–Crippen LogP) is 6.02. The molecule has 1 aliphatic heterocycles. The van der Waals surface area contributed by atoms with Gasteiger partial charge in [0, 0.05) is 16.1 Å². The number of aliphatic imine (C=N–C) groups is 1. The molecule has 0 aromatic heterocycles. The highest BCUT2D eigenvalue weighted by Gasteiger charge is 2.27. The number of nitrogens with one attached hydrogen (secondary N) is 1. The number of carbonyl (C=O) groups is 1. The Morgan fingerprint density at radius 1 is 0.793 bits per heavy atom. The number of halogens is 1. The van der Waals surface area contributed by atoms with Gasteiger partial charge in [-0.3, -0.25) is 9.79 Å². The number of nitrogens with zero attached hydrogens (tertiary/aromatic N) is 1. The molecule has 1 N–H and O–H groups in total. The molecule has 0 spiro atoms. The Hall–Kier alpha value is -3.43. The number of amides is 1. The van der Waals surface area contributed by atoms with Gasteiger partial charge in [0.1, 0.15) is 0 Å². The number of hydrogen-bond acceptors (Lipinski definition) is 2. The van der Waals surface area contributed by atoms with Crippen molar-refractivity contribution in [3.63, 3.8) is 0 Å². The lowest BCUT2D eigenvalue weighted by atomic mass is 9.99. The first-order chi connectivity index (χ1) is 14.2. The third kappa shape index (κ3) is 3.30. The Morgan fingerprint density at radius 3 is 2.38 bits per heavy atom. The van der Waals surface area contributed by atoms with Crippen molar-refractivity contribution in [1.29, 1.82) is 0 Å². The Morgan fingerprint density at radius 2 is 1.55 bits per heavy atom. The first-order valence-electron chi connectivity index (χ1n) is 9.42. The van der Waals surface area contributed by atoms with E-state index in [1.54, 1.807) is 6.07 Å². The van der Waals surface area contributed by atoms with Crippen molar-refractivity contribution in [1.82, 2.24) is 0 Å². The quantitative estimate of drug-likeness (QED) is 0.442. The van der Waals surface area contributed by atoms with E-state index in [1.165, 1.54) is 0 Å². The Bertz CT molecular complexity index is 1260. The van der Waals surface area contributed by atoms with E-state index in [1.807, 2.05) is 78.9 Å². The minimum Gasteiger partial charge on any atom is -0.323 e. The van der Waals surface area contributed by atoms with Crippen molar-refractivity contribution in [2.75, 3.05) is 5.32 Å². The average Bonchev–Trinajstić information content (AvgIpc) is 2.90. The van der Waals surface area contributed by atoms with Crippen LogP contribution < -0.4 is 5.32 Å². The predicted molar refractivity (Wildman–Crippen MR) is 119 cm³/mol. The fourth-order valence-corrected chi connectivity index (χ4v) is 3.88. The van der Waals surface area contributed by atoms with Gasteiger partial charge in [0.2, 0.25) is 0 Å². The molecule has 4 aromatic carbocycles. The molecule has 0 fully saturated rings. The number of carbonyl (C=O) groups excluding carboxylic acids is 1. The van der Waals surface area contributed by atoms with Crippen LogP contribution in [0.15, 0.2) is 96.0 Å². The first-order valence-corrected chi connectivity index (χ1v) is 9.79. The molecule has 1 aliphatic rings. The second kappa shape index (κ2) is 7.19. The van der Waals surface area contributed by atoms with Gasteiger partial charge in [-0.2, -0.15) is 0 Å². The Labute approximate surface area is 173 Å². The molecule has 29 heavy (non-hydrogen) atoms. The second-order valence-corrected chi connectivity index (χ2v) is 7.47. The van der Waals surface area contributed by atoms with Gasteiger partial charge < -0.3 is 5.32 Å². The smallest absolute Gasteiger partial charge is 0.253 e. The summed E-state index contributed by atoms with van der Waals surface area (Å²) in [5, 5.41) is 5.85. The summed E-state index contributed by atoms with van der Waals surface area (Å²) in [5.41, 5.74) is 4.08. The number of rotatable bonds is 2. The highest BCUT2D eigenvalue weighted by atomic mass is 35.5. The van der Waals surface area contributed by atoms with Crippen LogP contribution in [0.3, 0.4) is 0 Å². The van der Waals surface area contributed by atoms with Crippen molar-refractivity contribution in [2.24, 2.45) is 4.99 Å². The summed E-state index contributed by atoms with van der Waals surface area (Å²) >= 11 is 6.27. The summed E-state index contributed by atoms with van der Waals surface area (Å²) in [4.78, 5) is 18.1. The number of hydrogen-bond donors (Lipinski definition) is 1. The number of anilines is 1. The summed E-state index contributed by atoms with van der Waals surface area (Å²) in [7, 11) is 0. The summed E-state index contributed by atoms with van der Waals surface area (Å²) in [6, 6.07) is 28.8. The molecule has 1 atom stereocenters. The monoisotopic (exact) mass is 396 g/mol. The molecule has 0 saturated carbocycles. The molecule has 0 saturated heterocycles. The number of benzodiazepines with no additional fused rings is 1. The third-order valence-electron chi connectivity index (χ3n) is 5.14. The van der Waals surface area contributed by atoms with Crippen LogP contribution >= 0.6 is 11.6 Å². The molecule has 1 amide bonds. The van der Waals surface area contributed by atoms with E-state index < -0.39 is 6.04 Å². The van der Waals surface area contributed by atoms with Crippen LogP contribution in [0.1, 0.15) is 22.7 Å². The van der Waals surface area contributed by atoms with E-state index in [9.17, 15) is 4.79 Å². The van der Waals surface area contributed by atoms with Gasteiger partial charge in [-0.1, -0.05) is 78.3 Å². The fraction of sp³-hybridized carbons (Fsp3) is 0.0400. The van der Waals surface area contributed by atoms with Crippen LogP contribution in [0, 0.1) is 0 Å². The molecule has 0 radical (unpaired) electrons. The SMILES string of the molecule is O=C1Nc2ccc(Cl)cc2C(c2ccccc2)=NC1c1ccc2ccccc2c1. The van der Waals surface area contributed by atoms with Crippen molar-refractivity contribution in [3.05, 3.63) is 113 Å². The van der Waals surface area contributed by atoms with Crippen molar-refractivity contribution in [3.8, 4) is 0 Å². The number of fused-ring (bicyclic) bond motifs is 2. The maximum absolute atomic E-state index is 13.1. The average molecular weight is 397 g/mol. The molecule has 3 nitrogen and oxygen atoms in total. The second-order valence-electron chi connectivity index (χ2n) is 7.03. The van der Waals surface area contributed by atoms with E-state index in [4.69, 9.17) is 16.6 Å². The fourth-order valence-electron chi connectivity index (χ4n) is 3.71. The largest absolute Gasteiger partial charge is 0.323 e. The zero-order valence-electron chi connectivity index (χ0n) is 15.5. The maximum Gasteiger partial charge on any atom is 0.253 e. The van der Waals surface area contributed by atoms with Crippen LogP contribution in [0.4, 0.5) is 5.69 Å². The van der Waals surface area contributed by atoms with Gasteiger partial charge in [-0.25, -0.2) is 0 Å². The van der Waals surface area contributed by atoms with E-state index in [0.717, 1.165) is 33.2 Å². The lowest BCUT2D eigenvalue weighted by Gasteiger charge is -2.12. The van der Waals surface area contributed by atoms with Crippen LogP contribution in [0.2, 0.25) is 5.02 Å². The lowest BCUT2D eigenvalue weighted by Crippen LogP contribution is -2.18. The minimum atomic E-state index is -0.652. The minimum absolute atomic E-state index is 0.158. The van der Waals surface area contributed by atoms with Crippen LogP contribution in [-0.2, 0) is 4.79 Å². The molecular weight excluding hydrogens is 380 g/mol. The lowest BCUT2D eigenvalue weighted by molar-refractivity contribution is -0.117. The summed E-state index contributed by atoms with van der Waals surface area (Å²) < 4.78 is 0. The van der Waals surface area contributed by atoms with Gasteiger partial charge in [0.15, 0.2) is 6.04 Å². The summed E-state index contributed by atoms with van der Waals surface area (Å²) in [6.07, 6.45) is 0. The summed E-state index contributed by atoms with van der Waals surface area (Å²) in [6.45, 7) is 0. The molecule has 4 aromatic rings. The van der Waals surface area contributed by atoms with E-state index in [0.29, 0.717) is 10.7 Å². The Balaban J connectivity index is 1.71. The summed E-state index contributed by atoms with van der Waals surface area (Å²) in [5.74, 6) is -0.158. The molecular formula is C25H17ClN2O. The molecule has 1 heterocycles. The van der Waals surface area contributed by atoms with Crippen molar-refractivity contribution in [2.45, 2.75) is 6.04 Å². The third-order valence-corrected chi connectivity index (χ3v) is 5.37. The van der Waals surface area contributed by atoms with E-state index >= 15 is 0 Å². The highest BCUT2D eigenvalue weighted by molar-refractivity contribution is 6.32. The van der Waals surface area contributed by atoms with Gasteiger partial charge >= 0.3 is 0 Å². The van der Waals surface area contributed by atoms with Crippen LogP contribution in [-0.4, -0.2) is 11.6 Å². The first kappa shape index (κ1) is 17.7. The van der Waals surface area contributed by atoms with Crippen molar-refractivity contribution >= 4 is 39.7 Å². The molecule has 0 aliphatic carbocycles. The normalized spacial score (nSPS) is 16.0. The van der Waals surface area contributed by atoms with Crippen molar-refractivity contribution < 1.29 is 4.79 Å². The molecule has 1 unspecified atom stereocenters. The topological polar surface area (TPSA) is 41.5 Å². The maximum atomic E-state index is 13.1. The zero-order valence-corrected chi connectivity index (χ0v) is 16.2. The van der Waals surface area contributed by atoms with Gasteiger partial charge in [0.05, 0.1) is 11.4 Å². The van der Waals surface area contributed by atoms with E-state index in [-0.39, 0.29) is 5.91 Å². The molecule has 5 rings (SSSR count). The van der Waals surface area contributed by atoms with Gasteiger partial charge in [-0.15, -0.1) is 0 Å². The van der Waals surface area contributed by atoms with E-state index in [2.05, 4.69) is 11.4 Å². The van der Waals surface area contributed by atoms with Gasteiger partial charge in [0.25, 0.3) is 5.91 Å². The highest BCUT2D eigenvalue weighted by Crippen LogP contribution is 2.32. The Kier molecular flexibility index (Phi) is 4.38. The van der Waals surface area contributed by atoms with Gasteiger partial charge in [-0.05, 0) is 40.6 Å². The van der Waals surface area contributed by atoms with Crippen LogP contribution in [0.25, 0.3) is 10.8 Å². The molecule has 0 bridgehead atoms.